The Balaban J connectivity index is 2.05. The fraction of sp³-hybridized carbons (Fsp3) is 0.647. The number of hydrogen-bond donors (Lipinski definition) is 1. The van der Waals surface area contributed by atoms with E-state index in [-0.39, 0.29) is 0 Å². The van der Waals surface area contributed by atoms with E-state index in [1.807, 2.05) is 12.1 Å². The van der Waals surface area contributed by atoms with Gasteiger partial charge in [0.2, 0.25) is 0 Å². The molecule has 1 aromatic carbocycles. The van der Waals surface area contributed by atoms with Gasteiger partial charge >= 0.3 is 0 Å². The van der Waals surface area contributed by atoms with Gasteiger partial charge in [0.1, 0.15) is 0 Å². The Morgan fingerprint density at radius 1 is 1.21 bits per heavy atom. The molecule has 2 rings (SSSR count). The van der Waals surface area contributed by atoms with Crippen molar-refractivity contribution in [2.45, 2.75) is 45.4 Å². The van der Waals surface area contributed by atoms with Gasteiger partial charge in [-0.05, 0) is 67.8 Å². The zero-order valence-electron chi connectivity index (χ0n) is 12.2. The summed E-state index contributed by atoms with van der Waals surface area (Å²) >= 11 is 6.01. The topological polar surface area (TPSA) is 12.0 Å². The third kappa shape index (κ3) is 4.22. The summed E-state index contributed by atoms with van der Waals surface area (Å²) < 4.78 is 0. The van der Waals surface area contributed by atoms with Crippen molar-refractivity contribution in [3.05, 3.63) is 34.9 Å². The van der Waals surface area contributed by atoms with Crippen LogP contribution in [0.1, 0.15) is 51.0 Å². The van der Waals surface area contributed by atoms with E-state index < -0.39 is 0 Å². The minimum Gasteiger partial charge on any atom is -0.316 e. The van der Waals surface area contributed by atoms with Crippen LogP contribution in [0, 0.1) is 11.8 Å². The SMILES string of the molecule is CCCNCC1CCC(C)CC1c1ccc(Cl)cc1. The van der Waals surface area contributed by atoms with Crippen LogP contribution in [0.3, 0.4) is 0 Å². The monoisotopic (exact) mass is 279 g/mol. The first-order chi connectivity index (χ1) is 9.20. The molecule has 1 aliphatic rings. The molecule has 0 aromatic heterocycles. The molecule has 0 aliphatic heterocycles. The van der Waals surface area contributed by atoms with E-state index in [0.717, 1.165) is 29.9 Å². The van der Waals surface area contributed by atoms with Crippen LogP contribution in [0.5, 0.6) is 0 Å². The summed E-state index contributed by atoms with van der Waals surface area (Å²) in [6.45, 7) is 6.92. The molecule has 1 saturated carbocycles. The van der Waals surface area contributed by atoms with Crippen LogP contribution in [-0.2, 0) is 0 Å². The van der Waals surface area contributed by atoms with Crippen molar-refractivity contribution >= 4 is 11.6 Å². The molecule has 1 N–H and O–H groups in total. The molecule has 0 saturated heterocycles. The lowest BCUT2D eigenvalue weighted by Crippen LogP contribution is -2.31. The van der Waals surface area contributed by atoms with E-state index in [1.54, 1.807) is 0 Å². The molecule has 0 radical (unpaired) electrons. The predicted octanol–water partition coefficient (Wildman–Crippen LogP) is 4.86. The zero-order chi connectivity index (χ0) is 13.7. The molecule has 0 heterocycles. The maximum Gasteiger partial charge on any atom is 0.0406 e. The van der Waals surface area contributed by atoms with Gasteiger partial charge in [-0.2, -0.15) is 0 Å². The maximum absolute atomic E-state index is 6.01. The summed E-state index contributed by atoms with van der Waals surface area (Å²) in [5.41, 5.74) is 1.47. The molecule has 1 aliphatic carbocycles. The standard InChI is InChI=1S/C17H26ClN/c1-3-10-19-12-15-5-4-13(2)11-17(15)14-6-8-16(18)9-7-14/h6-9,13,15,17,19H,3-5,10-12H2,1-2H3. The highest BCUT2D eigenvalue weighted by molar-refractivity contribution is 6.30. The average molecular weight is 280 g/mol. The highest BCUT2D eigenvalue weighted by Gasteiger charge is 2.29. The van der Waals surface area contributed by atoms with Crippen molar-refractivity contribution in [2.24, 2.45) is 11.8 Å². The Morgan fingerprint density at radius 2 is 1.95 bits per heavy atom. The van der Waals surface area contributed by atoms with Gasteiger partial charge in [0, 0.05) is 5.02 Å². The Labute approximate surface area is 122 Å². The summed E-state index contributed by atoms with van der Waals surface area (Å²) in [5, 5.41) is 4.45. The minimum atomic E-state index is 0.699. The molecule has 0 bridgehead atoms. The molecule has 0 amide bonds. The van der Waals surface area contributed by atoms with E-state index in [2.05, 4.69) is 31.3 Å². The van der Waals surface area contributed by atoms with Crippen LogP contribution in [0.15, 0.2) is 24.3 Å². The highest BCUT2D eigenvalue weighted by Crippen LogP contribution is 2.40. The summed E-state index contributed by atoms with van der Waals surface area (Å²) in [6.07, 6.45) is 5.27. The average Bonchev–Trinajstić information content (AvgIpc) is 2.41. The van der Waals surface area contributed by atoms with Crippen LogP contribution in [0.25, 0.3) is 0 Å². The lowest BCUT2D eigenvalue weighted by molar-refractivity contribution is 0.242. The smallest absolute Gasteiger partial charge is 0.0406 e. The van der Waals surface area contributed by atoms with Crippen LogP contribution < -0.4 is 5.32 Å². The van der Waals surface area contributed by atoms with E-state index >= 15 is 0 Å². The second kappa shape index (κ2) is 7.31. The van der Waals surface area contributed by atoms with Gasteiger partial charge in [0.05, 0.1) is 0 Å². The largest absolute Gasteiger partial charge is 0.316 e. The van der Waals surface area contributed by atoms with Gasteiger partial charge in [-0.3, -0.25) is 0 Å². The second-order valence-electron chi connectivity index (χ2n) is 6.04. The first-order valence-electron chi connectivity index (χ1n) is 7.67. The summed E-state index contributed by atoms with van der Waals surface area (Å²) in [6, 6.07) is 8.51. The molecule has 106 valence electrons. The van der Waals surface area contributed by atoms with E-state index in [9.17, 15) is 0 Å². The molecule has 19 heavy (non-hydrogen) atoms. The van der Waals surface area contributed by atoms with Crippen molar-refractivity contribution in [2.75, 3.05) is 13.1 Å². The van der Waals surface area contributed by atoms with Crippen LogP contribution in [-0.4, -0.2) is 13.1 Å². The molecule has 0 spiro atoms. The highest BCUT2D eigenvalue weighted by atomic mass is 35.5. The minimum absolute atomic E-state index is 0.699. The van der Waals surface area contributed by atoms with Gasteiger partial charge < -0.3 is 5.32 Å². The van der Waals surface area contributed by atoms with Gasteiger partial charge in [0.25, 0.3) is 0 Å². The Bertz CT molecular complexity index is 373. The molecule has 1 fully saturated rings. The quantitative estimate of drug-likeness (QED) is 0.759. The summed E-state index contributed by atoms with van der Waals surface area (Å²) in [7, 11) is 0. The fourth-order valence-electron chi connectivity index (χ4n) is 3.27. The molecule has 2 heteroatoms. The predicted molar refractivity (Wildman–Crippen MR) is 83.9 cm³/mol. The van der Waals surface area contributed by atoms with Crippen LogP contribution in [0.4, 0.5) is 0 Å². The van der Waals surface area contributed by atoms with Gasteiger partial charge in [-0.1, -0.05) is 44.0 Å². The van der Waals surface area contributed by atoms with Crippen molar-refractivity contribution in [1.29, 1.82) is 0 Å². The van der Waals surface area contributed by atoms with Gasteiger partial charge in [-0.15, -0.1) is 0 Å². The van der Waals surface area contributed by atoms with E-state index in [0.29, 0.717) is 5.92 Å². The van der Waals surface area contributed by atoms with Crippen LogP contribution in [0.2, 0.25) is 5.02 Å². The van der Waals surface area contributed by atoms with Crippen LogP contribution >= 0.6 is 11.6 Å². The van der Waals surface area contributed by atoms with E-state index in [4.69, 9.17) is 11.6 Å². The van der Waals surface area contributed by atoms with Gasteiger partial charge in [0.15, 0.2) is 0 Å². The molecular weight excluding hydrogens is 254 g/mol. The maximum atomic E-state index is 6.01. The number of halogens is 1. The Kier molecular flexibility index (Phi) is 5.72. The number of rotatable bonds is 5. The van der Waals surface area contributed by atoms with Gasteiger partial charge in [-0.25, -0.2) is 0 Å². The first kappa shape index (κ1) is 14.9. The third-order valence-corrected chi connectivity index (χ3v) is 4.64. The number of benzene rings is 1. The third-order valence-electron chi connectivity index (χ3n) is 4.39. The Hall–Kier alpha value is -0.530. The molecule has 3 unspecified atom stereocenters. The van der Waals surface area contributed by atoms with Crippen molar-refractivity contribution in [3.63, 3.8) is 0 Å². The Morgan fingerprint density at radius 3 is 2.63 bits per heavy atom. The van der Waals surface area contributed by atoms with Crippen molar-refractivity contribution in [1.82, 2.24) is 5.32 Å². The fourth-order valence-corrected chi connectivity index (χ4v) is 3.40. The normalized spacial score (nSPS) is 27.4. The van der Waals surface area contributed by atoms with Crippen molar-refractivity contribution < 1.29 is 0 Å². The summed E-state index contributed by atoms with van der Waals surface area (Å²) in [4.78, 5) is 0. The zero-order valence-corrected chi connectivity index (χ0v) is 12.9. The second-order valence-corrected chi connectivity index (χ2v) is 6.48. The number of hydrogen-bond acceptors (Lipinski definition) is 1. The summed E-state index contributed by atoms with van der Waals surface area (Å²) in [5.74, 6) is 2.33. The lowest BCUT2D eigenvalue weighted by atomic mass is 9.71. The van der Waals surface area contributed by atoms with Crippen molar-refractivity contribution in [3.8, 4) is 0 Å². The first-order valence-corrected chi connectivity index (χ1v) is 8.04. The molecular formula is C17H26ClN. The number of nitrogens with one attached hydrogen (secondary N) is 1. The van der Waals surface area contributed by atoms with E-state index in [1.165, 1.54) is 31.2 Å². The lowest BCUT2D eigenvalue weighted by Gasteiger charge is -2.35. The molecule has 1 aromatic rings. The molecule has 3 atom stereocenters. The molecule has 1 nitrogen and oxygen atoms in total.